The van der Waals surface area contributed by atoms with Crippen molar-refractivity contribution in [2.45, 2.75) is 25.8 Å². The molecule has 3 nitrogen and oxygen atoms in total. The summed E-state index contributed by atoms with van der Waals surface area (Å²) < 4.78 is 0. The normalized spacial score (nSPS) is 15.6. The molecular weight excluding hydrogens is 270 g/mol. The van der Waals surface area contributed by atoms with Crippen LogP contribution in [0.5, 0.6) is 0 Å². The molecule has 0 radical (unpaired) electrons. The largest absolute Gasteiger partial charge is 0.366 e. The fourth-order valence-electron chi connectivity index (χ4n) is 3.09. The molecule has 0 atom stereocenters. The maximum atomic E-state index is 4.12. The van der Waals surface area contributed by atoms with E-state index >= 15 is 0 Å². The van der Waals surface area contributed by atoms with Gasteiger partial charge in [-0.3, -0.25) is 4.98 Å². The van der Waals surface area contributed by atoms with Gasteiger partial charge in [-0.25, -0.2) is 0 Å². The summed E-state index contributed by atoms with van der Waals surface area (Å²) in [6.45, 7) is 5.70. The Morgan fingerprint density at radius 1 is 0.909 bits per heavy atom. The van der Waals surface area contributed by atoms with Crippen LogP contribution in [0.3, 0.4) is 0 Å². The summed E-state index contributed by atoms with van der Waals surface area (Å²) in [5, 5.41) is 0. The van der Waals surface area contributed by atoms with Gasteiger partial charge in [0.25, 0.3) is 0 Å². The number of aromatic nitrogens is 1. The standard InChI is InChI=1S/C19H25N3/c1-3-7-19(8-4-1)22(17-18-9-11-20-12-10-18)16-15-21-13-5-2-6-14-21/h1,3-4,7-12H,2,5-6,13-17H2. The number of para-hydroxylation sites is 1. The van der Waals surface area contributed by atoms with Crippen LogP contribution in [0.1, 0.15) is 24.8 Å². The maximum Gasteiger partial charge on any atom is 0.0431 e. The minimum absolute atomic E-state index is 0.945. The van der Waals surface area contributed by atoms with Crippen molar-refractivity contribution >= 4 is 5.69 Å². The third-order valence-corrected chi connectivity index (χ3v) is 4.38. The number of nitrogens with zero attached hydrogens (tertiary/aromatic N) is 3. The first-order valence-electron chi connectivity index (χ1n) is 8.33. The molecule has 0 unspecified atom stereocenters. The summed E-state index contributed by atoms with van der Waals surface area (Å²) in [6, 6.07) is 15.0. The second kappa shape index (κ2) is 7.95. The lowest BCUT2D eigenvalue weighted by molar-refractivity contribution is 0.233. The Balaban J connectivity index is 1.66. The van der Waals surface area contributed by atoms with Crippen molar-refractivity contribution in [3.05, 3.63) is 60.4 Å². The Kier molecular flexibility index (Phi) is 5.43. The summed E-state index contributed by atoms with van der Waals surface area (Å²) in [7, 11) is 0. The summed E-state index contributed by atoms with van der Waals surface area (Å²) >= 11 is 0. The van der Waals surface area contributed by atoms with Crippen molar-refractivity contribution < 1.29 is 0 Å². The molecule has 1 aromatic carbocycles. The molecular formula is C19H25N3. The lowest BCUT2D eigenvalue weighted by Gasteiger charge is -2.31. The van der Waals surface area contributed by atoms with Crippen LogP contribution in [0.15, 0.2) is 54.9 Å². The van der Waals surface area contributed by atoms with E-state index in [0.717, 1.165) is 19.6 Å². The summed E-state index contributed by atoms with van der Waals surface area (Å²) in [4.78, 5) is 9.20. The van der Waals surface area contributed by atoms with E-state index < -0.39 is 0 Å². The van der Waals surface area contributed by atoms with E-state index in [-0.39, 0.29) is 0 Å². The molecule has 1 aromatic heterocycles. The number of pyridine rings is 1. The molecule has 1 aliphatic rings. The minimum atomic E-state index is 0.945. The molecule has 2 heterocycles. The van der Waals surface area contributed by atoms with E-state index in [0.29, 0.717) is 0 Å². The van der Waals surface area contributed by atoms with Gasteiger partial charge in [0, 0.05) is 37.7 Å². The first-order valence-corrected chi connectivity index (χ1v) is 8.33. The highest BCUT2D eigenvalue weighted by Gasteiger charge is 2.13. The SMILES string of the molecule is c1ccc(N(CCN2CCCCC2)Cc2ccncc2)cc1. The van der Waals surface area contributed by atoms with Gasteiger partial charge < -0.3 is 9.80 Å². The average Bonchev–Trinajstić information content (AvgIpc) is 2.61. The Bertz CT molecular complexity index is 535. The van der Waals surface area contributed by atoms with E-state index in [1.807, 2.05) is 12.4 Å². The highest BCUT2D eigenvalue weighted by atomic mass is 15.2. The van der Waals surface area contributed by atoms with Crippen LogP contribution >= 0.6 is 0 Å². The van der Waals surface area contributed by atoms with Crippen molar-refractivity contribution in [3.63, 3.8) is 0 Å². The highest BCUT2D eigenvalue weighted by molar-refractivity contribution is 5.46. The van der Waals surface area contributed by atoms with Gasteiger partial charge in [-0.15, -0.1) is 0 Å². The smallest absolute Gasteiger partial charge is 0.0431 e. The van der Waals surface area contributed by atoms with Crippen LogP contribution in [0.4, 0.5) is 5.69 Å². The van der Waals surface area contributed by atoms with Crippen molar-refractivity contribution in [1.82, 2.24) is 9.88 Å². The molecule has 3 rings (SSSR count). The second-order valence-corrected chi connectivity index (χ2v) is 6.01. The van der Waals surface area contributed by atoms with E-state index in [9.17, 15) is 0 Å². The number of piperidine rings is 1. The van der Waals surface area contributed by atoms with E-state index in [4.69, 9.17) is 0 Å². The van der Waals surface area contributed by atoms with Gasteiger partial charge in [-0.05, 0) is 55.8 Å². The van der Waals surface area contributed by atoms with E-state index in [1.54, 1.807) is 0 Å². The van der Waals surface area contributed by atoms with Crippen LogP contribution in [0.2, 0.25) is 0 Å². The molecule has 22 heavy (non-hydrogen) atoms. The predicted molar refractivity (Wildman–Crippen MR) is 92.0 cm³/mol. The molecule has 3 heteroatoms. The first kappa shape index (κ1) is 15.0. The van der Waals surface area contributed by atoms with E-state index in [1.165, 1.54) is 43.6 Å². The van der Waals surface area contributed by atoms with E-state index in [2.05, 4.69) is 57.2 Å². The summed E-state index contributed by atoms with van der Waals surface area (Å²) in [5.41, 5.74) is 2.62. The molecule has 1 saturated heterocycles. The van der Waals surface area contributed by atoms with Gasteiger partial charge in [0.05, 0.1) is 0 Å². The fourth-order valence-corrected chi connectivity index (χ4v) is 3.09. The number of benzene rings is 1. The Hall–Kier alpha value is -1.87. The Morgan fingerprint density at radius 3 is 2.36 bits per heavy atom. The Morgan fingerprint density at radius 2 is 1.64 bits per heavy atom. The zero-order chi connectivity index (χ0) is 15.0. The zero-order valence-corrected chi connectivity index (χ0v) is 13.2. The van der Waals surface area contributed by atoms with Gasteiger partial charge in [0.1, 0.15) is 0 Å². The lowest BCUT2D eigenvalue weighted by atomic mass is 10.1. The van der Waals surface area contributed by atoms with Crippen LogP contribution in [-0.4, -0.2) is 36.1 Å². The average molecular weight is 295 g/mol. The molecule has 0 amide bonds. The number of anilines is 1. The number of rotatable bonds is 6. The molecule has 116 valence electrons. The van der Waals surface area contributed by atoms with Gasteiger partial charge in [-0.2, -0.15) is 0 Å². The predicted octanol–water partition coefficient (Wildman–Crippen LogP) is 3.57. The van der Waals surface area contributed by atoms with Gasteiger partial charge in [0.2, 0.25) is 0 Å². The molecule has 0 aliphatic carbocycles. The molecule has 1 aliphatic heterocycles. The number of hydrogen-bond acceptors (Lipinski definition) is 3. The summed E-state index contributed by atoms with van der Waals surface area (Å²) in [5.74, 6) is 0. The zero-order valence-electron chi connectivity index (χ0n) is 13.2. The van der Waals surface area contributed by atoms with Crippen LogP contribution in [-0.2, 0) is 6.54 Å². The van der Waals surface area contributed by atoms with Crippen molar-refractivity contribution in [1.29, 1.82) is 0 Å². The number of hydrogen-bond donors (Lipinski definition) is 0. The van der Waals surface area contributed by atoms with Gasteiger partial charge in [0.15, 0.2) is 0 Å². The molecule has 0 saturated carbocycles. The van der Waals surface area contributed by atoms with Crippen LogP contribution in [0, 0.1) is 0 Å². The monoisotopic (exact) mass is 295 g/mol. The molecule has 0 spiro atoms. The quantitative estimate of drug-likeness (QED) is 0.812. The lowest BCUT2D eigenvalue weighted by Crippen LogP contribution is -2.37. The first-order chi connectivity index (χ1) is 10.9. The molecule has 1 fully saturated rings. The van der Waals surface area contributed by atoms with Gasteiger partial charge >= 0.3 is 0 Å². The Labute approximate surface area is 133 Å². The second-order valence-electron chi connectivity index (χ2n) is 6.01. The maximum absolute atomic E-state index is 4.12. The van der Waals surface area contributed by atoms with Crippen molar-refractivity contribution in [2.24, 2.45) is 0 Å². The van der Waals surface area contributed by atoms with Crippen molar-refractivity contribution in [3.8, 4) is 0 Å². The fraction of sp³-hybridized carbons (Fsp3) is 0.421. The summed E-state index contributed by atoms with van der Waals surface area (Å²) in [6.07, 6.45) is 7.87. The van der Waals surface area contributed by atoms with Crippen molar-refractivity contribution in [2.75, 3.05) is 31.1 Å². The van der Waals surface area contributed by atoms with Gasteiger partial charge in [-0.1, -0.05) is 24.6 Å². The molecule has 0 N–H and O–H groups in total. The number of likely N-dealkylation sites (tertiary alicyclic amines) is 1. The van der Waals surface area contributed by atoms with Crippen LogP contribution in [0.25, 0.3) is 0 Å². The molecule has 0 bridgehead atoms. The topological polar surface area (TPSA) is 19.4 Å². The third kappa shape index (κ3) is 4.31. The minimum Gasteiger partial charge on any atom is -0.366 e. The molecule has 2 aromatic rings. The van der Waals surface area contributed by atoms with Crippen LogP contribution < -0.4 is 4.90 Å². The highest BCUT2D eigenvalue weighted by Crippen LogP contribution is 2.17. The third-order valence-electron chi connectivity index (χ3n) is 4.38.